The van der Waals surface area contributed by atoms with Crippen molar-refractivity contribution in [3.63, 3.8) is 0 Å². The van der Waals surface area contributed by atoms with Crippen molar-refractivity contribution < 1.29 is 0 Å². The second-order valence-electron chi connectivity index (χ2n) is 1.55. The minimum absolute atomic E-state index is 1.00. The molecule has 0 saturated carbocycles. The zero-order valence-electron chi connectivity index (χ0n) is 5.90. The average Bonchev–Trinajstić information content (AvgIpc) is 2.08. The van der Waals surface area contributed by atoms with Crippen LogP contribution in [-0.2, 0) is 0 Å². The molecule has 54 valence electrons. The molecule has 0 aliphatic carbocycles. The molecule has 1 unspecified atom stereocenters. The molecule has 10 heavy (non-hydrogen) atoms. The van der Waals surface area contributed by atoms with Gasteiger partial charge in [0.1, 0.15) is 0 Å². The van der Waals surface area contributed by atoms with Gasteiger partial charge in [-0.25, -0.2) is 0 Å². The molecule has 1 nitrogen and oxygen atoms in total. The van der Waals surface area contributed by atoms with Crippen molar-refractivity contribution >= 4 is 9.24 Å². The molecule has 0 bridgehead atoms. The van der Waals surface area contributed by atoms with Crippen molar-refractivity contribution in [3.8, 4) is 0 Å². The highest BCUT2D eigenvalue weighted by Crippen LogP contribution is 1.74. The van der Waals surface area contributed by atoms with E-state index in [-0.39, 0.29) is 0 Å². The highest BCUT2D eigenvalue weighted by Gasteiger charge is 1.58. The van der Waals surface area contributed by atoms with Gasteiger partial charge in [0.15, 0.2) is 0 Å². The molecular formula is C8H12NP. The Bertz CT molecular complexity index is 124. The first-order valence-electron chi connectivity index (χ1n) is 3.07. The topological polar surface area (TPSA) is 12.9 Å². The molecule has 1 heterocycles. The predicted octanol–water partition coefficient (Wildman–Crippen LogP) is 2.13. The lowest BCUT2D eigenvalue weighted by molar-refractivity contribution is 1.33. The van der Waals surface area contributed by atoms with Gasteiger partial charge in [-0.2, -0.15) is 0 Å². The van der Waals surface area contributed by atoms with Gasteiger partial charge in [0.2, 0.25) is 0 Å². The van der Waals surface area contributed by atoms with E-state index in [2.05, 4.69) is 20.8 Å². The van der Waals surface area contributed by atoms with Gasteiger partial charge in [0, 0.05) is 12.4 Å². The predicted molar refractivity (Wildman–Crippen MR) is 49.0 cm³/mol. The van der Waals surface area contributed by atoms with Crippen LogP contribution in [0.4, 0.5) is 0 Å². The maximum Gasteiger partial charge on any atom is 0.0267 e. The molecular weight excluding hydrogens is 141 g/mol. The number of hydrogen-bond donors (Lipinski definition) is 0. The van der Waals surface area contributed by atoms with Crippen LogP contribution < -0.4 is 0 Å². The molecule has 1 rings (SSSR count). The summed E-state index contributed by atoms with van der Waals surface area (Å²) in [7, 11) is 2.54. The summed E-state index contributed by atoms with van der Waals surface area (Å²) in [4.78, 5) is 3.78. The van der Waals surface area contributed by atoms with E-state index < -0.39 is 0 Å². The number of allylic oxidation sites excluding steroid dienone is 1. The maximum absolute atomic E-state index is 3.78. The van der Waals surface area contributed by atoms with E-state index in [1.54, 1.807) is 12.4 Å². The summed E-state index contributed by atoms with van der Waals surface area (Å²) in [5, 5.41) is 0. The van der Waals surface area contributed by atoms with Crippen LogP contribution in [0.3, 0.4) is 0 Å². The molecule has 0 aliphatic heterocycles. The van der Waals surface area contributed by atoms with Crippen LogP contribution in [0.1, 0.15) is 0 Å². The number of aromatic nitrogens is 1. The second-order valence-corrected chi connectivity index (χ2v) is 2.02. The SMILES string of the molecule is C=CCP.c1ccncc1. The Morgan fingerprint density at radius 3 is 1.90 bits per heavy atom. The summed E-state index contributed by atoms with van der Waals surface area (Å²) in [5.41, 5.74) is 0. The average molecular weight is 153 g/mol. The molecule has 0 aliphatic rings. The number of rotatable bonds is 1. The van der Waals surface area contributed by atoms with Crippen molar-refractivity contribution in [1.82, 2.24) is 4.98 Å². The third-order valence-corrected chi connectivity index (χ3v) is 1.07. The van der Waals surface area contributed by atoms with Gasteiger partial charge in [-0.3, -0.25) is 4.98 Å². The van der Waals surface area contributed by atoms with Gasteiger partial charge in [-0.1, -0.05) is 12.1 Å². The van der Waals surface area contributed by atoms with Crippen molar-refractivity contribution in [2.45, 2.75) is 0 Å². The lowest BCUT2D eigenvalue weighted by Crippen LogP contribution is -1.58. The first kappa shape index (κ1) is 9.32. The van der Waals surface area contributed by atoms with Gasteiger partial charge >= 0.3 is 0 Å². The van der Waals surface area contributed by atoms with E-state index in [0.717, 1.165) is 6.16 Å². The quantitative estimate of drug-likeness (QED) is 0.445. The minimum atomic E-state index is 1.00. The van der Waals surface area contributed by atoms with Crippen LogP contribution in [0.25, 0.3) is 0 Å². The van der Waals surface area contributed by atoms with Crippen LogP contribution >= 0.6 is 9.24 Å². The zero-order valence-corrected chi connectivity index (χ0v) is 7.06. The summed E-state index contributed by atoms with van der Waals surface area (Å²) in [6.45, 7) is 3.46. The van der Waals surface area contributed by atoms with Gasteiger partial charge in [-0.15, -0.1) is 15.8 Å². The van der Waals surface area contributed by atoms with Crippen LogP contribution in [0.15, 0.2) is 43.2 Å². The Balaban J connectivity index is 0.000000180. The smallest absolute Gasteiger partial charge is 0.0267 e. The Kier molecular flexibility index (Phi) is 7.75. The summed E-state index contributed by atoms with van der Waals surface area (Å²) in [5.74, 6) is 0. The fourth-order valence-corrected chi connectivity index (χ4v) is 0.313. The van der Waals surface area contributed by atoms with Crippen LogP contribution in [-0.4, -0.2) is 11.1 Å². The van der Waals surface area contributed by atoms with Gasteiger partial charge in [-0.05, 0) is 18.3 Å². The maximum atomic E-state index is 3.78. The van der Waals surface area contributed by atoms with Crippen LogP contribution in [0.5, 0.6) is 0 Å². The molecule has 0 aromatic carbocycles. The molecule has 0 radical (unpaired) electrons. The molecule has 1 aromatic heterocycles. The molecule has 0 spiro atoms. The third-order valence-electron chi connectivity index (χ3n) is 0.733. The van der Waals surface area contributed by atoms with E-state index in [9.17, 15) is 0 Å². The lowest BCUT2D eigenvalue weighted by atomic mass is 10.5. The highest BCUT2D eigenvalue weighted by atomic mass is 31.0. The summed E-state index contributed by atoms with van der Waals surface area (Å²) < 4.78 is 0. The summed E-state index contributed by atoms with van der Waals surface area (Å²) in [6.07, 6.45) is 6.34. The van der Waals surface area contributed by atoms with Crippen LogP contribution in [0, 0.1) is 0 Å². The highest BCUT2D eigenvalue weighted by molar-refractivity contribution is 7.16. The normalized spacial score (nSPS) is 7.30. The molecule has 0 N–H and O–H groups in total. The Labute approximate surface area is 64.4 Å². The van der Waals surface area contributed by atoms with Crippen molar-refractivity contribution in [2.75, 3.05) is 6.16 Å². The van der Waals surface area contributed by atoms with E-state index in [1.807, 2.05) is 24.3 Å². The number of pyridine rings is 1. The number of hydrogen-bond acceptors (Lipinski definition) is 1. The molecule has 0 fully saturated rings. The summed E-state index contributed by atoms with van der Waals surface area (Å²) in [6, 6.07) is 5.72. The third kappa shape index (κ3) is 7.32. The molecule has 1 atom stereocenters. The van der Waals surface area contributed by atoms with Gasteiger partial charge in [0.05, 0.1) is 0 Å². The first-order chi connectivity index (χ1) is 4.91. The monoisotopic (exact) mass is 153 g/mol. The van der Waals surface area contributed by atoms with Gasteiger partial charge in [0.25, 0.3) is 0 Å². The van der Waals surface area contributed by atoms with Crippen molar-refractivity contribution in [1.29, 1.82) is 0 Å². The molecule has 2 heteroatoms. The molecule has 1 aromatic rings. The van der Waals surface area contributed by atoms with Gasteiger partial charge < -0.3 is 0 Å². The summed E-state index contributed by atoms with van der Waals surface area (Å²) >= 11 is 0. The fourth-order valence-electron chi connectivity index (χ4n) is 0.313. The Hall–Kier alpha value is -0.680. The van der Waals surface area contributed by atoms with Crippen LogP contribution in [0.2, 0.25) is 0 Å². The van der Waals surface area contributed by atoms with E-state index in [0.29, 0.717) is 0 Å². The molecule has 0 saturated heterocycles. The largest absolute Gasteiger partial charge is 0.265 e. The Morgan fingerprint density at radius 2 is 1.80 bits per heavy atom. The fraction of sp³-hybridized carbons (Fsp3) is 0.125. The zero-order chi connectivity index (χ0) is 7.66. The number of nitrogens with zero attached hydrogens (tertiary/aromatic N) is 1. The second kappa shape index (κ2) is 8.32. The molecule has 0 amide bonds. The van der Waals surface area contributed by atoms with Crippen molar-refractivity contribution in [3.05, 3.63) is 43.2 Å². The van der Waals surface area contributed by atoms with Crippen molar-refractivity contribution in [2.24, 2.45) is 0 Å². The van der Waals surface area contributed by atoms with E-state index in [4.69, 9.17) is 0 Å². The van der Waals surface area contributed by atoms with E-state index in [1.165, 1.54) is 0 Å². The lowest BCUT2D eigenvalue weighted by Gasteiger charge is -1.70. The van der Waals surface area contributed by atoms with E-state index >= 15 is 0 Å². The minimum Gasteiger partial charge on any atom is -0.265 e. The first-order valence-corrected chi connectivity index (χ1v) is 3.89. The standard InChI is InChI=1S/C5H5N.C3H7P/c1-2-4-6-5-3-1;1-2-3-4/h1-5H;2H,1,3-4H2. The Morgan fingerprint density at radius 1 is 1.30 bits per heavy atom.